The van der Waals surface area contributed by atoms with E-state index in [1.165, 1.54) is 0 Å². The van der Waals surface area contributed by atoms with E-state index in [2.05, 4.69) is 25.7 Å². The largest absolute Gasteiger partial charge is 0.465 e. The van der Waals surface area contributed by atoms with E-state index >= 15 is 0 Å². The van der Waals surface area contributed by atoms with Crippen LogP contribution in [0.25, 0.3) is 0 Å². The molecule has 1 aromatic rings. The van der Waals surface area contributed by atoms with Gasteiger partial charge in [-0.25, -0.2) is 18.6 Å². The smallest absolute Gasteiger partial charge is 0.338 e. The standard InChI is InChI=1S/C9H7BrF3NO2/c1-16-9(15)4-2-6(7(11)12)14-8(13)5(4)3-10/h2,7H,3H2,1H3. The minimum atomic E-state index is -2.94. The molecule has 0 aliphatic heterocycles. The maximum absolute atomic E-state index is 13.3. The van der Waals surface area contributed by atoms with Crippen LogP contribution in [0.1, 0.15) is 28.0 Å². The third-order valence-electron chi connectivity index (χ3n) is 1.86. The number of hydrogen-bond acceptors (Lipinski definition) is 3. The molecule has 16 heavy (non-hydrogen) atoms. The quantitative estimate of drug-likeness (QED) is 0.489. The summed E-state index contributed by atoms with van der Waals surface area (Å²) in [5, 5.41) is -0.0141. The molecular formula is C9H7BrF3NO2. The summed E-state index contributed by atoms with van der Waals surface area (Å²) in [5.74, 6) is -1.98. The molecule has 0 saturated carbocycles. The van der Waals surface area contributed by atoms with Gasteiger partial charge < -0.3 is 4.74 Å². The summed E-state index contributed by atoms with van der Waals surface area (Å²) >= 11 is 2.94. The maximum atomic E-state index is 13.3. The van der Waals surface area contributed by atoms with Gasteiger partial charge in [-0.3, -0.25) is 0 Å². The van der Waals surface area contributed by atoms with Gasteiger partial charge in [0, 0.05) is 10.9 Å². The van der Waals surface area contributed by atoms with Crippen LogP contribution < -0.4 is 0 Å². The molecule has 0 bridgehead atoms. The topological polar surface area (TPSA) is 39.2 Å². The highest BCUT2D eigenvalue weighted by Crippen LogP contribution is 2.23. The van der Waals surface area contributed by atoms with Crippen LogP contribution in [-0.2, 0) is 10.1 Å². The summed E-state index contributed by atoms with van der Waals surface area (Å²) in [7, 11) is 1.08. The number of ether oxygens (including phenoxy) is 1. The molecule has 88 valence electrons. The average Bonchev–Trinajstić information content (AvgIpc) is 2.26. The molecule has 0 aromatic carbocycles. The van der Waals surface area contributed by atoms with Crippen LogP contribution in [0.4, 0.5) is 13.2 Å². The molecule has 0 amide bonds. The van der Waals surface area contributed by atoms with Crippen LogP contribution in [0.15, 0.2) is 6.07 Å². The summed E-state index contributed by atoms with van der Waals surface area (Å²) in [4.78, 5) is 14.3. The molecule has 1 aromatic heterocycles. The number of alkyl halides is 3. The molecule has 0 aliphatic rings. The van der Waals surface area contributed by atoms with Gasteiger partial charge in [-0.15, -0.1) is 0 Å². The summed E-state index contributed by atoms with van der Waals surface area (Å²) < 4.78 is 42.3. The van der Waals surface area contributed by atoms with E-state index in [0.717, 1.165) is 13.2 Å². The highest BCUT2D eigenvalue weighted by molar-refractivity contribution is 9.08. The van der Waals surface area contributed by atoms with Gasteiger partial charge in [0.25, 0.3) is 6.43 Å². The molecule has 0 spiro atoms. The van der Waals surface area contributed by atoms with Crippen LogP contribution in [0.3, 0.4) is 0 Å². The van der Waals surface area contributed by atoms with Crippen molar-refractivity contribution < 1.29 is 22.7 Å². The van der Waals surface area contributed by atoms with Crippen molar-refractivity contribution >= 4 is 21.9 Å². The van der Waals surface area contributed by atoms with E-state index in [1.807, 2.05) is 0 Å². The summed E-state index contributed by atoms with van der Waals surface area (Å²) in [6.07, 6.45) is -2.94. The van der Waals surface area contributed by atoms with Crippen LogP contribution in [0.5, 0.6) is 0 Å². The molecule has 0 radical (unpaired) electrons. The number of esters is 1. The van der Waals surface area contributed by atoms with Crippen LogP contribution in [0.2, 0.25) is 0 Å². The first-order chi connectivity index (χ1) is 7.51. The lowest BCUT2D eigenvalue weighted by molar-refractivity contribution is 0.0598. The Hall–Kier alpha value is -1.11. The third kappa shape index (κ3) is 2.52. The lowest BCUT2D eigenvalue weighted by Crippen LogP contribution is -2.10. The van der Waals surface area contributed by atoms with Gasteiger partial charge in [-0.1, -0.05) is 15.9 Å². The number of pyridine rings is 1. The van der Waals surface area contributed by atoms with Crippen molar-refractivity contribution in [1.29, 1.82) is 0 Å². The molecule has 0 atom stereocenters. The van der Waals surface area contributed by atoms with Crippen molar-refractivity contribution in [3.63, 3.8) is 0 Å². The first kappa shape index (κ1) is 13.0. The Labute approximate surface area is 97.8 Å². The SMILES string of the molecule is COC(=O)c1cc(C(F)F)nc(F)c1CBr. The molecule has 0 N–H and O–H groups in total. The molecule has 0 saturated heterocycles. The van der Waals surface area contributed by atoms with Gasteiger partial charge >= 0.3 is 5.97 Å². The summed E-state index contributed by atoms with van der Waals surface area (Å²) in [6.45, 7) is 0. The van der Waals surface area contributed by atoms with E-state index in [4.69, 9.17) is 0 Å². The first-order valence-electron chi connectivity index (χ1n) is 4.13. The fraction of sp³-hybridized carbons (Fsp3) is 0.333. The van der Waals surface area contributed by atoms with Crippen molar-refractivity contribution in [2.45, 2.75) is 11.8 Å². The van der Waals surface area contributed by atoms with Crippen molar-refractivity contribution in [1.82, 2.24) is 4.98 Å². The Balaban J connectivity index is 3.36. The van der Waals surface area contributed by atoms with Gasteiger partial charge in [-0.05, 0) is 6.07 Å². The van der Waals surface area contributed by atoms with Crippen LogP contribution in [0, 0.1) is 5.95 Å². The van der Waals surface area contributed by atoms with Crippen LogP contribution >= 0.6 is 15.9 Å². The number of methoxy groups -OCH3 is 1. The highest BCUT2D eigenvalue weighted by Gasteiger charge is 2.21. The minimum absolute atomic E-state index is 0.0141. The first-order valence-corrected chi connectivity index (χ1v) is 5.25. The predicted molar refractivity (Wildman–Crippen MR) is 53.1 cm³/mol. The molecule has 3 nitrogen and oxygen atoms in total. The number of halogens is 4. The lowest BCUT2D eigenvalue weighted by atomic mass is 10.1. The number of aromatic nitrogens is 1. The molecule has 7 heteroatoms. The molecular weight excluding hydrogens is 291 g/mol. The van der Waals surface area contributed by atoms with Gasteiger partial charge in [0.2, 0.25) is 5.95 Å². The third-order valence-corrected chi connectivity index (χ3v) is 2.42. The van der Waals surface area contributed by atoms with Gasteiger partial charge in [0.1, 0.15) is 5.69 Å². The fourth-order valence-electron chi connectivity index (χ4n) is 1.09. The Morgan fingerprint density at radius 3 is 2.69 bits per heavy atom. The number of hydrogen-bond donors (Lipinski definition) is 0. The summed E-state index contributed by atoms with van der Waals surface area (Å²) in [5.41, 5.74) is -1.14. The predicted octanol–water partition coefficient (Wildman–Crippen LogP) is 2.84. The second kappa shape index (κ2) is 5.29. The summed E-state index contributed by atoms with van der Waals surface area (Å²) in [6, 6.07) is 0.830. The van der Waals surface area contributed by atoms with E-state index in [1.54, 1.807) is 0 Å². The number of carbonyl (C=O) groups excluding carboxylic acids is 1. The highest BCUT2D eigenvalue weighted by atomic mass is 79.9. The van der Waals surface area contributed by atoms with Crippen molar-refractivity contribution in [2.24, 2.45) is 0 Å². The Morgan fingerprint density at radius 1 is 1.62 bits per heavy atom. The second-order valence-electron chi connectivity index (χ2n) is 2.79. The molecule has 0 fully saturated rings. The fourth-order valence-corrected chi connectivity index (χ4v) is 1.62. The van der Waals surface area contributed by atoms with Gasteiger partial charge in [0.15, 0.2) is 0 Å². The minimum Gasteiger partial charge on any atom is -0.465 e. The van der Waals surface area contributed by atoms with E-state index in [0.29, 0.717) is 0 Å². The van der Waals surface area contributed by atoms with Crippen LogP contribution in [-0.4, -0.2) is 18.1 Å². The lowest BCUT2D eigenvalue weighted by Gasteiger charge is -2.08. The van der Waals surface area contributed by atoms with E-state index in [-0.39, 0.29) is 16.5 Å². The maximum Gasteiger partial charge on any atom is 0.338 e. The zero-order valence-electron chi connectivity index (χ0n) is 8.14. The zero-order chi connectivity index (χ0) is 12.3. The molecule has 0 aliphatic carbocycles. The van der Waals surface area contributed by atoms with Gasteiger partial charge in [0.05, 0.1) is 12.7 Å². The Bertz CT molecular complexity index is 412. The molecule has 1 heterocycles. The van der Waals surface area contributed by atoms with E-state index in [9.17, 15) is 18.0 Å². The van der Waals surface area contributed by atoms with Crippen molar-refractivity contribution in [3.8, 4) is 0 Å². The average molecular weight is 298 g/mol. The number of nitrogens with zero attached hydrogens (tertiary/aromatic N) is 1. The Morgan fingerprint density at radius 2 is 2.25 bits per heavy atom. The number of rotatable bonds is 3. The Kier molecular flexibility index (Phi) is 4.28. The van der Waals surface area contributed by atoms with Gasteiger partial charge in [-0.2, -0.15) is 4.39 Å². The van der Waals surface area contributed by atoms with Crippen molar-refractivity contribution in [3.05, 3.63) is 28.8 Å². The number of carbonyl (C=O) groups is 1. The molecule has 1 rings (SSSR count). The van der Waals surface area contributed by atoms with Crippen molar-refractivity contribution in [2.75, 3.05) is 7.11 Å². The normalized spacial score (nSPS) is 10.6. The zero-order valence-corrected chi connectivity index (χ0v) is 9.72. The van der Waals surface area contributed by atoms with E-state index < -0.39 is 24.0 Å². The monoisotopic (exact) mass is 297 g/mol. The molecule has 0 unspecified atom stereocenters. The second-order valence-corrected chi connectivity index (χ2v) is 3.35.